The summed E-state index contributed by atoms with van der Waals surface area (Å²) in [6, 6.07) is 8.45. The summed E-state index contributed by atoms with van der Waals surface area (Å²) >= 11 is 0. The lowest BCUT2D eigenvalue weighted by atomic mass is 9.79. The number of piperidine rings is 1. The molecule has 8 nitrogen and oxygen atoms in total. The van der Waals surface area contributed by atoms with Crippen molar-refractivity contribution in [3.63, 3.8) is 0 Å². The highest BCUT2D eigenvalue weighted by molar-refractivity contribution is 6.10. The van der Waals surface area contributed by atoms with Crippen molar-refractivity contribution in [3.8, 4) is 0 Å². The van der Waals surface area contributed by atoms with E-state index in [4.69, 9.17) is 14.9 Å². The van der Waals surface area contributed by atoms with Gasteiger partial charge in [-0.25, -0.2) is 14.2 Å². The molecular weight excluding hydrogens is 473 g/mol. The molecule has 2 saturated heterocycles. The molecule has 3 fully saturated rings. The molecule has 37 heavy (non-hydrogen) atoms. The molecule has 1 aromatic heterocycles. The monoisotopic (exact) mass is 509 g/mol. The van der Waals surface area contributed by atoms with E-state index >= 15 is 0 Å². The second kappa shape index (κ2) is 11.6. The minimum atomic E-state index is -0.504. The lowest BCUT2D eigenvalue weighted by molar-refractivity contribution is 0.0115. The number of carbonyl (C=O) groups excluding carboxylic acids is 1. The van der Waals surface area contributed by atoms with Crippen LogP contribution in [0.3, 0.4) is 0 Å². The van der Waals surface area contributed by atoms with Crippen LogP contribution in [-0.2, 0) is 9.47 Å². The van der Waals surface area contributed by atoms with Crippen LogP contribution in [-0.4, -0.2) is 73.6 Å². The Labute approximate surface area is 217 Å². The Balaban J connectivity index is 1.51. The smallest absolute Gasteiger partial charge is 0.357 e. The summed E-state index contributed by atoms with van der Waals surface area (Å²) in [6.45, 7) is 7.14. The van der Waals surface area contributed by atoms with E-state index in [1.807, 2.05) is 0 Å². The number of anilines is 3. The highest BCUT2D eigenvalue weighted by atomic mass is 19.1. The number of nitrogens with zero attached hydrogens (tertiary/aromatic N) is 3. The molecule has 0 radical (unpaired) electrons. The van der Waals surface area contributed by atoms with E-state index < -0.39 is 5.97 Å². The largest absolute Gasteiger partial charge is 0.461 e. The van der Waals surface area contributed by atoms with Gasteiger partial charge >= 0.3 is 5.97 Å². The van der Waals surface area contributed by atoms with Gasteiger partial charge < -0.3 is 25.1 Å². The SMILES string of the molecule is CCOC(=O)c1cc(N2CCC(N3CCOCC3)CC2)c(C(=N)C2CCC2)c(Nc2cccc(F)c2)n1. The molecule has 1 saturated carbocycles. The van der Waals surface area contributed by atoms with Gasteiger partial charge in [0.1, 0.15) is 11.6 Å². The van der Waals surface area contributed by atoms with Gasteiger partial charge in [-0.05, 0) is 56.9 Å². The van der Waals surface area contributed by atoms with Crippen molar-refractivity contribution < 1.29 is 18.7 Å². The molecule has 0 atom stereocenters. The van der Waals surface area contributed by atoms with Crippen molar-refractivity contribution in [1.82, 2.24) is 9.88 Å². The molecule has 3 aliphatic rings. The Morgan fingerprint density at radius 1 is 1.16 bits per heavy atom. The van der Waals surface area contributed by atoms with E-state index in [1.165, 1.54) is 12.1 Å². The van der Waals surface area contributed by atoms with Gasteiger partial charge in [0.2, 0.25) is 0 Å². The summed E-state index contributed by atoms with van der Waals surface area (Å²) in [4.78, 5) is 22.2. The van der Waals surface area contributed by atoms with Crippen molar-refractivity contribution >= 4 is 28.9 Å². The average Bonchev–Trinajstić information content (AvgIpc) is 2.88. The Morgan fingerprint density at radius 2 is 1.92 bits per heavy atom. The minimum absolute atomic E-state index is 0.160. The van der Waals surface area contributed by atoms with Crippen LogP contribution in [0.25, 0.3) is 0 Å². The Morgan fingerprint density at radius 3 is 2.57 bits per heavy atom. The molecule has 0 bridgehead atoms. The third-order valence-corrected chi connectivity index (χ3v) is 7.72. The number of hydrogen-bond acceptors (Lipinski definition) is 8. The number of carbonyl (C=O) groups is 1. The number of benzene rings is 1. The van der Waals surface area contributed by atoms with Gasteiger partial charge in [-0.3, -0.25) is 4.90 Å². The van der Waals surface area contributed by atoms with Crippen molar-refractivity contribution in [2.45, 2.75) is 45.1 Å². The fourth-order valence-corrected chi connectivity index (χ4v) is 5.47. The highest BCUT2D eigenvalue weighted by Crippen LogP contribution is 2.38. The standard InChI is InChI=1S/C28H36FN5O3/c1-2-37-28(35)23-18-24(34-11-9-22(10-12-34)33-13-15-36-16-14-33)25(26(30)19-5-3-6-19)27(32-23)31-21-8-4-7-20(29)17-21/h4,7-8,17-19,22,30H,2-3,5-6,9-16H2,1H3,(H,31,32). The Hall–Kier alpha value is -3.04. The second-order valence-corrected chi connectivity index (χ2v) is 10.0. The Bertz CT molecular complexity index is 1120. The number of nitrogens with one attached hydrogen (secondary N) is 2. The van der Waals surface area contributed by atoms with E-state index in [2.05, 4.69) is 20.1 Å². The Kier molecular flexibility index (Phi) is 8.00. The van der Waals surface area contributed by atoms with Crippen molar-refractivity contribution in [2.75, 3.05) is 56.2 Å². The molecule has 5 rings (SSSR count). The maximum atomic E-state index is 14.0. The van der Waals surface area contributed by atoms with E-state index in [9.17, 15) is 9.18 Å². The molecule has 2 aromatic rings. The number of morpholine rings is 1. The number of halogens is 1. The maximum absolute atomic E-state index is 14.0. The van der Waals surface area contributed by atoms with E-state index in [-0.39, 0.29) is 24.0 Å². The van der Waals surface area contributed by atoms with Gasteiger partial charge in [0.25, 0.3) is 0 Å². The lowest BCUT2D eigenvalue weighted by Gasteiger charge is -2.41. The van der Waals surface area contributed by atoms with Gasteiger partial charge in [-0.2, -0.15) is 0 Å². The zero-order valence-corrected chi connectivity index (χ0v) is 21.5. The summed E-state index contributed by atoms with van der Waals surface area (Å²) in [6.07, 6.45) is 5.04. The van der Waals surface area contributed by atoms with Crippen LogP contribution in [0.5, 0.6) is 0 Å². The average molecular weight is 510 g/mol. The van der Waals surface area contributed by atoms with Gasteiger partial charge in [-0.1, -0.05) is 12.5 Å². The number of rotatable bonds is 8. The summed E-state index contributed by atoms with van der Waals surface area (Å²) in [5.74, 6) is -0.310. The van der Waals surface area contributed by atoms with Gasteiger partial charge in [-0.15, -0.1) is 0 Å². The fourth-order valence-electron chi connectivity index (χ4n) is 5.47. The quantitative estimate of drug-likeness (QED) is 0.397. The van der Waals surface area contributed by atoms with Gasteiger partial charge in [0.05, 0.1) is 31.1 Å². The predicted molar refractivity (Wildman–Crippen MR) is 142 cm³/mol. The van der Waals surface area contributed by atoms with Crippen LogP contribution in [0.4, 0.5) is 21.6 Å². The predicted octanol–water partition coefficient (Wildman–Crippen LogP) is 4.61. The number of esters is 1. The first-order chi connectivity index (χ1) is 18.0. The van der Waals surface area contributed by atoms with Crippen LogP contribution < -0.4 is 10.2 Å². The summed E-state index contributed by atoms with van der Waals surface area (Å²) in [5.41, 5.74) is 2.77. The van der Waals surface area contributed by atoms with Gasteiger partial charge in [0.15, 0.2) is 5.69 Å². The first-order valence-electron chi connectivity index (χ1n) is 13.4. The van der Waals surface area contributed by atoms with E-state index in [0.717, 1.165) is 77.2 Å². The zero-order chi connectivity index (χ0) is 25.8. The first-order valence-corrected chi connectivity index (χ1v) is 13.4. The normalized spacial score (nSPS) is 19.4. The highest BCUT2D eigenvalue weighted by Gasteiger charge is 2.33. The van der Waals surface area contributed by atoms with Crippen LogP contribution >= 0.6 is 0 Å². The summed E-state index contributed by atoms with van der Waals surface area (Å²) in [7, 11) is 0. The molecule has 0 unspecified atom stereocenters. The van der Waals surface area contributed by atoms with Crippen LogP contribution in [0.15, 0.2) is 30.3 Å². The first kappa shape index (κ1) is 25.6. The number of aromatic nitrogens is 1. The molecule has 2 aliphatic heterocycles. The topological polar surface area (TPSA) is 90.8 Å². The second-order valence-electron chi connectivity index (χ2n) is 10.0. The number of hydrogen-bond donors (Lipinski definition) is 2. The molecular formula is C28H36FN5O3. The molecule has 9 heteroatoms. The molecule has 198 valence electrons. The molecule has 0 amide bonds. The molecule has 3 heterocycles. The molecule has 2 N–H and O–H groups in total. The maximum Gasteiger partial charge on any atom is 0.357 e. The van der Waals surface area contributed by atoms with Crippen molar-refractivity contribution in [3.05, 3.63) is 47.4 Å². The molecule has 1 aromatic carbocycles. The summed E-state index contributed by atoms with van der Waals surface area (Å²) < 4.78 is 24.8. The lowest BCUT2D eigenvalue weighted by Crippen LogP contribution is -2.49. The van der Waals surface area contributed by atoms with Crippen LogP contribution in [0.1, 0.15) is 55.1 Å². The third kappa shape index (κ3) is 5.78. The van der Waals surface area contributed by atoms with Crippen molar-refractivity contribution in [2.24, 2.45) is 5.92 Å². The van der Waals surface area contributed by atoms with Crippen molar-refractivity contribution in [1.29, 1.82) is 5.41 Å². The van der Waals surface area contributed by atoms with E-state index in [0.29, 0.717) is 28.8 Å². The summed E-state index contributed by atoms with van der Waals surface area (Å²) in [5, 5.41) is 12.4. The third-order valence-electron chi connectivity index (χ3n) is 7.72. The molecule has 1 aliphatic carbocycles. The zero-order valence-electron chi connectivity index (χ0n) is 21.5. The van der Waals surface area contributed by atoms with Crippen LogP contribution in [0, 0.1) is 17.1 Å². The minimum Gasteiger partial charge on any atom is -0.461 e. The molecule has 0 spiro atoms. The van der Waals surface area contributed by atoms with E-state index in [1.54, 1.807) is 25.1 Å². The number of pyridine rings is 1. The van der Waals surface area contributed by atoms with Crippen LogP contribution in [0.2, 0.25) is 0 Å². The fraction of sp³-hybridized carbons (Fsp3) is 0.536. The number of ether oxygens (including phenoxy) is 2. The van der Waals surface area contributed by atoms with Gasteiger partial charge in [0, 0.05) is 49.5 Å².